The van der Waals surface area contributed by atoms with Crippen LogP contribution in [0.4, 0.5) is 0 Å². The highest BCUT2D eigenvalue weighted by molar-refractivity contribution is 5.02. The standard InChI is InChI=1S/C13H23NO2/c1-2-4-11(5-3-1)13(9-16-10-13)12-8-15-7-6-14-12/h11-12,14H,1-10H2. The van der Waals surface area contributed by atoms with Crippen molar-refractivity contribution in [2.24, 2.45) is 11.3 Å². The maximum absolute atomic E-state index is 5.64. The van der Waals surface area contributed by atoms with Crippen molar-refractivity contribution in [1.29, 1.82) is 0 Å². The predicted octanol–water partition coefficient (Wildman–Crippen LogP) is 1.57. The third-order valence-corrected chi connectivity index (χ3v) is 4.78. The van der Waals surface area contributed by atoms with Crippen LogP contribution in [0.5, 0.6) is 0 Å². The maximum atomic E-state index is 5.64. The fraction of sp³-hybridized carbons (Fsp3) is 1.00. The Balaban J connectivity index is 1.70. The molecule has 0 amide bonds. The van der Waals surface area contributed by atoms with Gasteiger partial charge in [-0.25, -0.2) is 0 Å². The first kappa shape index (κ1) is 11.0. The van der Waals surface area contributed by atoms with Gasteiger partial charge in [-0.05, 0) is 18.8 Å². The van der Waals surface area contributed by atoms with E-state index in [0.29, 0.717) is 11.5 Å². The van der Waals surface area contributed by atoms with E-state index in [-0.39, 0.29) is 0 Å². The van der Waals surface area contributed by atoms with Crippen LogP contribution in [0.15, 0.2) is 0 Å². The average Bonchev–Trinajstić information content (AvgIpc) is 2.31. The third-order valence-electron chi connectivity index (χ3n) is 4.78. The van der Waals surface area contributed by atoms with E-state index in [4.69, 9.17) is 9.47 Å². The molecule has 1 aliphatic carbocycles. The first-order chi connectivity index (χ1) is 7.92. The molecule has 92 valence electrons. The molecule has 1 N–H and O–H groups in total. The van der Waals surface area contributed by atoms with Crippen molar-refractivity contribution >= 4 is 0 Å². The highest BCUT2D eigenvalue weighted by Gasteiger charge is 2.51. The van der Waals surface area contributed by atoms with Gasteiger partial charge in [-0.15, -0.1) is 0 Å². The average molecular weight is 225 g/mol. The molecule has 0 aromatic carbocycles. The second kappa shape index (κ2) is 4.63. The molecule has 1 saturated carbocycles. The lowest BCUT2D eigenvalue weighted by atomic mass is 9.63. The Morgan fingerprint density at radius 2 is 1.81 bits per heavy atom. The van der Waals surface area contributed by atoms with Gasteiger partial charge in [0.25, 0.3) is 0 Å². The van der Waals surface area contributed by atoms with E-state index in [0.717, 1.165) is 38.9 Å². The zero-order chi connectivity index (χ0) is 10.8. The first-order valence-corrected chi connectivity index (χ1v) is 6.81. The zero-order valence-corrected chi connectivity index (χ0v) is 10.0. The number of nitrogens with one attached hydrogen (secondary N) is 1. The molecule has 2 aliphatic heterocycles. The Morgan fingerprint density at radius 1 is 1.00 bits per heavy atom. The molecule has 2 heterocycles. The number of rotatable bonds is 2. The Bertz CT molecular complexity index is 208. The smallest absolute Gasteiger partial charge is 0.0627 e. The van der Waals surface area contributed by atoms with Crippen LogP contribution in [0.3, 0.4) is 0 Å². The minimum absolute atomic E-state index is 0.404. The summed E-state index contributed by atoms with van der Waals surface area (Å²) in [5, 5.41) is 3.65. The second-order valence-electron chi connectivity index (χ2n) is 5.64. The van der Waals surface area contributed by atoms with Gasteiger partial charge in [-0.3, -0.25) is 0 Å². The minimum atomic E-state index is 0.404. The monoisotopic (exact) mass is 225 g/mol. The molecular weight excluding hydrogens is 202 g/mol. The van der Waals surface area contributed by atoms with Crippen LogP contribution in [0.25, 0.3) is 0 Å². The van der Waals surface area contributed by atoms with Crippen molar-refractivity contribution in [3.05, 3.63) is 0 Å². The topological polar surface area (TPSA) is 30.5 Å². The Labute approximate surface area is 97.9 Å². The molecule has 2 saturated heterocycles. The number of ether oxygens (including phenoxy) is 2. The van der Waals surface area contributed by atoms with Gasteiger partial charge in [-0.2, -0.15) is 0 Å². The van der Waals surface area contributed by atoms with Crippen LogP contribution in [-0.4, -0.2) is 39.0 Å². The first-order valence-electron chi connectivity index (χ1n) is 6.81. The number of morpholine rings is 1. The highest BCUT2D eigenvalue weighted by Crippen LogP contribution is 2.46. The number of hydrogen-bond donors (Lipinski definition) is 1. The second-order valence-corrected chi connectivity index (χ2v) is 5.64. The Morgan fingerprint density at radius 3 is 2.38 bits per heavy atom. The van der Waals surface area contributed by atoms with Crippen molar-refractivity contribution in [2.75, 3.05) is 33.0 Å². The third kappa shape index (κ3) is 1.79. The van der Waals surface area contributed by atoms with Crippen LogP contribution in [0, 0.1) is 11.3 Å². The summed E-state index contributed by atoms with van der Waals surface area (Å²) in [7, 11) is 0. The van der Waals surface area contributed by atoms with Gasteiger partial charge in [-0.1, -0.05) is 19.3 Å². The molecule has 0 radical (unpaired) electrons. The molecule has 0 spiro atoms. The molecule has 3 fully saturated rings. The minimum Gasteiger partial charge on any atom is -0.380 e. The van der Waals surface area contributed by atoms with E-state index in [1.165, 1.54) is 32.1 Å². The summed E-state index contributed by atoms with van der Waals surface area (Å²) in [6.07, 6.45) is 7.07. The van der Waals surface area contributed by atoms with Gasteiger partial charge in [0.1, 0.15) is 0 Å². The summed E-state index contributed by atoms with van der Waals surface area (Å²) in [6, 6.07) is 0.540. The van der Waals surface area contributed by atoms with Gasteiger partial charge < -0.3 is 14.8 Å². The SMILES string of the molecule is C1CCC(C2(C3COCCN3)COC2)CC1. The van der Waals surface area contributed by atoms with Crippen molar-refractivity contribution in [3.8, 4) is 0 Å². The molecule has 0 bridgehead atoms. The van der Waals surface area contributed by atoms with Gasteiger partial charge in [0.2, 0.25) is 0 Å². The summed E-state index contributed by atoms with van der Waals surface area (Å²) in [5.74, 6) is 0.870. The molecule has 1 atom stereocenters. The Kier molecular flexibility index (Phi) is 3.18. The fourth-order valence-corrected chi connectivity index (χ4v) is 3.67. The number of hydrogen-bond acceptors (Lipinski definition) is 3. The van der Waals surface area contributed by atoms with Crippen LogP contribution < -0.4 is 5.32 Å². The zero-order valence-electron chi connectivity index (χ0n) is 10.0. The van der Waals surface area contributed by atoms with Crippen LogP contribution >= 0.6 is 0 Å². The molecule has 3 nitrogen and oxygen atoms in total. The Hall–Kier alpha value is -0.120. The van der Waals surface area contributed by atoms with E-state index < -0.39 is 0 Å². The van der Waals surface area contributed by atoms with Crippen LogP contribution in [0.1, 0.15) is 32.1 Å². The molecule has 16 heavy (non-hydrogen) atoms. The lowest BCUT2D eigenvalue weighted by Crippen LogP contribution is -2.64. The quantitative estimate of drug-likeness (QED) is 0.774. The van der Waals surface area contributed by atoms with E-state index >= 15 is 0 Å². The lowest BCUT2D eigenvalue weighted by molar-refractivity contribution is -0.185. The van der Waals surface area contributed by atoms with Gasteiger partial charge >= 0.3 is 0 Å². The van der Waals surface area contributed by atoms with Crippen molar-refractivity contribution in [1.82, 2.24) is 5.32 Å². The lowest BCUT2D eigenvalue weighted by Gasteiger charge is -2.54. The summed E-state index contributed by atoms with van der Waals surface area (Å²) < 4.78 is 11.2. The highest BCUT2D eigenvalue weighted by atomic mass is 16.5. The van der Waals surface area contributed by atoms with Gasteiger partial charge in [0.05, 0.1) is 26.4 Å². The molecule has 0 aromatic rings. The largest absolute Gasteiger partial charge is 0.380 e. The maximum Gasteiger partial charge on any atom is 0.0627 e. The fourth-order valence-electron chi connectivity index (χ4n) is 3.67. The normalized spacial score (nSPS) is 35.6. The van der Waals surface area contributed by atoms with Crippen LogP contribution in [0.2, 0.25) is 0 Å². The molecule has 1 unspecified atom stereocenters. The molecule has 3 aliphatic rings. The summed E-state index contributed by atoms with van der Waals surface area (Å²) >= 11 is 0. The summed E-state index contributed by atoms with van der Waals surface area (Å²) in [6.45, 7) is 4.69. The molecule has 3 rings (SSSR count). The van der Waals surface area contributed by atoms with E-state index in [1.807, 2.05) is 0 Å². The van der Waals surface area contributed by atoms with E-state index in [1.54, 1.807) is 0 Å². The van der Waals surface area contributed by atoms with Gasteiger partial charge in [0, 0.05) is 18.0 Å². The predicted molar refractivity (Wildman–Crippen MR) is 62.4 cm³/mol. The summed E-state index contributed by atoms with van der Waals surface area (Å²) in [4.78, 5) is 0. The van der Waals surface area contributed by atoms with E-state index in [9.17, 15) is 0 Å². The molecular formula is C13H23NO2. The molecule has 3 heteroatoms. The van der Waals surface area contributed by atoms with Crippen LogP contribution in [-0.2, 0) is 9.47 Å². The van der Waals surface area contributed by atoms with E-state index in [2.05, 4.69) is 5.32 Å². The molecule has 0 aromatic heterocycles. The van der Waals surface area contributed by atoms with Crippen molar-refractivity contribution in [2.45, 2.75) is 38.1 Å². The van der Waals surface area contributed by atoms with Crippen molar-refractivity contribution < 1.29 is 9.47 Å². The summed E-state index contributed by atoms with van der Waals surface area (Å²) in [5.41, 5.74) is 0.404. The van der Waals surface area contributed by atoms with Crippen molar-refractivity contribution in [3.63, 3.8) is 0 Å². The van der Waals surface area contributed by atoms with Gasteiger partial charge in [0.15, 0.2) is 0 Å².